The molecule has 2 aromatic carbocycles. The predicted octanol–water partition coefficient (Wildman–Crippen LogP) is 3.25. The van der Waals surface area contributed by atoms with Gasteiger partial charge in [-0.1, -0.05) is 36.4 Å². The summed E-state index contributed by atoms with van der Waals surface area (Å²) in [6.45, 7) is 3.82. The van der Waals surface area contributed by atoms with Gasteiger partial charge < -0.3 is 15.2 Å². The third-order valence-corrected chi connectivity index (χ3v) is 4.95. The summed E-state index contributed by atoms with van der Waals surface area (Å²) in [4.78, 5) is 16.1. The number of aryl methyl sites for hydroxylation is 1. The fourth-order valence-electron chi connectivity index (χ4n) is 3.21. The van der Waals surface area contributed by atoms with Crippen molar-refractivity contribution >= 4 is 5.96 Å². The minimum absolute atomic E-state index is 0.00560. The van der Waals surface area contributed by atoms with Crippen molar-refractivity contribution in [1.82, 2.24) is 15.2 Å². The van der Waals surface area contributed by atoms with Crippen molar-refractivity contribution in [3.63, 3.8) is 0 Å². The Morgan fingerprint density at radius 2 is 1.80 bits per heavy atom. The fourth-order valence-corrected chi connectivity index (χ4v) is 3.21. The van der Waals surface area contributed by atoms with Crippen LogP contribution in [-0.2, 0) is 19.5 Å². The first kappa shape index (κ1) is 21.3. The number of hydrogen-bond acceptors (Lipinski definition) is 2. The smallest absolute Gasteiger partial charge is 0.250 e. The van der Waals surface area contributed by atoms with Crippen LogP contribution in [0.2, 0.25) is 0 Å². The Morgan fingerprint density at radius 1 is 1.03 bits per heavy atom. The summed E-state index contributed by atoms with van der Waals surface area (Å²) in [6, 6.07) is 18.2. The summed E-state index contributed by atoms with van der Waals surface area (Å²) in [5.41, 5.74) is 4.26. The molecule has 156 valence electrons. The molecule has 0 amide bonds. The number of nitrogens with one attached hydrogen (secondary N) is 2. The van der Waals surface area contributed by atoms with E-state index in [0.29, 0.717) is 19.6 Å². The Morgan fingerprint density at radius 3 is 2.50 bits per heavy atom. The maximum Gasteiger partial charge on any atom is 0.250 e. The highest BCUT2D eigenvalue weighted by atomic mass is 19.1. The van der Waals surface area contributed by atoms with Crippen LogP contribution in [0.5, 0.6) is 0 Å². The molecule has 0 atom stereocenters. The zero-order valence-corrected chi connectivity index (χ0v) is 17.4. The summed E-state index contributed by atoms with van der Waals surface area (Å²) in [7, 11) is 1.74. The second kappa shape index (κ2) is 10.4. The molecule has 0 aliphatic carbocycles. The van der Waals surface area contributed by atoms with E-state index in [1.807, 2.05) is 43.3 Å². The Hall–Kier alpha value is -3.41. The second-order valence-corrected chi connectivity index (χ2v) is 7.16. The third-order valence-electron chi connectivity index (χ3n) is 4.95. The fraction of sp³-hybridized carbons (Fsp3) is 0.250. The summed E-state index contributed by atoms with van der Waals surface area (Å²) >= 11 is 0. The molecule has 3 rings (SSSR count). The minimum Gasteiger partial charge on any atom is -0.356 e. The van der Waals surface area contributed by atoms with Gasteiger partial charge >= 0.3 is 0 Å². The average Bonchev–Trinajstić information content (AvgIpc) is 2.74. The molecule has 0 bridgehead atoms. The summed E-state index contributed by atoms with van der Waals surface area (Å²) in [5, 5.41) is 6.59. The number of rotatable bonds is 7. The number of aliphatic imine (C=N–C) groups is 1. The molecule has 1 aromatic heterocycles. The SMILES string of the molecule is CN=C(NCCc1ccc(F)cc1C)NCc1ccc(Cn2ccccc2=O)cc1. The Balaban J connectivity index is 1.47. The maximum absolute atomic E-state index is 13.2. The highest BCUT2D eigenvalue weighted by Gasteiger charge is 2.03. The lowest BCUT2D eigenvalue weighted by Crippen LogP contribution is -2.37. The average molecular weight is 407 g/mol. The van der Waals surface area contributed by atoms with Gasteiger partial charge in [0.1, 0.15) is 5.82 Å². The second-order valence-electron chi connectivity index (χ2n) is 7.16. The molecular formula is C24H27FN4O. The predicted molar refractivity (Wildman–Crippen MR) is 119 cm³/mol. The zero-order valence-electron chi connectivity index (χ0n) is 17.4. The Kier molecular flexibility index (Phi) is 7.38. The summed E-state index contributed by atoms with van der Waals surface area (Å²) < 4.78 is 14.9. The quantitative estimate of drug-likeness (QED) is 0.468. The van der Waals surface area contributed by atoms with Crippen molar-refractivity contribution < 1.29 is 4.39 Å². The molecule has 5 nitrogen and oxygen atoms in total. The molecule has 0 spiro atoms. The van der Waals surface area contributed by atoms with Crippen LogP contribution in [0.15, 0.2) is 76.6 Å². The van der Waals surface area contributed by atoms with E-state index in [0.717, 1.165) is 34.6 Å². The van der Waals surface area contributed by atoms with Crippen molar-refractivity contribution in [1.29, 1.82) is 0 Å². The van der Waals surface area contributed by atoms with Crippen molar-refractivity contribution in [3.05, 3.63) is 105 Å². The third kappa shape index (κ3) is 6.04. The topological polar surface area (TPSA) is 58.4 Å². The van der Waals surface area contributed by atoms with Crippen LogP contribution < -0.4 is 16.2 Å². The minimum atomic E-state index is -0.205. The Bertz CT molecular complexity index is 1060. The van der Waals surface area contributed by atoms with Crippen LogP contribution in [0.25, 0.3) is 0 Å². The van der Waals surface area contributed by atoms with Crippen LogP contribution in [0.3, 0.4) is 0 Å². The molecule has 1 heterocycles. The highest BCUT2D eigenvalue weighted by molar-refractivity contribution is 5.79. The number of guanidine groups is 1. The van der Waals surface area contributed by atoms with Gasteiger partial charge in [0.25, 0.3) is 5.56 Å². The van der Waals surface area contributed by atoms with Crippen LogP contribution in [0.4, 0.5) is 4.39 Å². The van der Waals surface area contributed by atoms with Gasteiger partial charge in [0, 0.05) is 32.4 Å². The summed E-state index contributed by atoms with van der Waals surface area (Å²) in [6.07, 6.45) is 2.58. The first-order valence-electron chi connectivity index (χ1n) is 9.98. The molecular weight excluding hydrogens is 379 g/mol. The van der Waals surface area contributed by atoms with Gasteiger partial charge in [-0.2, -0.15) is 0 Å². The van der Waals surface area contributed by atoms with Crippen LogP contribution in [-0.4, -0.2) is 24.1 Å². The largest absolute Gasteiger partial charge is 0.356 e. The number of benzene rings is 2. The van der Waals surface area contributed by atoms with Gasteiger partial charge in [0.2, 0.25) is 0 Å². The van der Waals surface area contributed by atoms with Crippen molar-refractivity contribution in [2.24, 2.45) is 4.99 Å². The van der Waals surface area contributed by atoms with Crippen molar-refractivity contribution in [2.45, 2.75) is 26.4 Å². The molecule has 2 N–H and O–H groups in total. The molecule has 0 unspecified atom stereocenters. The number of halogens is 1. The monoisotopic (exact) mass is 406 g/mol. The van der Waals surface area contributed by atoms with E-state index < -0.39 is 0 Å². The summed E-state index contributed by atoms with van der Waals surface area (Å²) in [5.74, 6) is 0.512. The molecule has 6 heteroatoms. The molecule has 0 fully saturated rings. The van der Waals surface area contributed by atoms with E-state index in [-0.39, 0.29) is 11.4 Å². The first-order valence-corrected chi connectivity index (χ1v) is 9.98. The van der Waals surface area contributed by atoms with E-state index in [4.69, 9.17) is 0 Å². The molecule has 3 aromatic rings. The number of hydrogen-bond donors (Lipinski definition) is 2. The van der Waals surface area contributed by atoms with E-state index in [2.05, 4.69) is 15.6 Å². The van der Waals surface area contributed by atoms with Crippen LogP contribution in [0, 0.1) is 12.7 Å². The first-order chi connectivity index (χ1) is 14.5. The molecule has 0 radical (unpaired) electrons. The number of aromatic nitrogens is 1. The van der Waals surface area contributed by atoms with Gasteiger partial charge in [-0.25, -0.2) is 4.39 Å². The van der Waals surface area contributed by atoms with Crippen LogP contribution in [0.1, 0.15) is 22.3 Å². The number of pyridine rings is 1. The van der Waals surface area contributed by atoms with Crippen LogP contribution >= 0.6 is 0 Å². The van der Waals surface area contributed by atoms with Crippen molar-refractivity contribution in [3.8, 4) is 0 Å². The van der Waals surface area contributed by atoms with Gasteiger partial charge in [0.05, 0.1) is 6.54 Å². The van der Waals surface area contributed by atoms with Gasteiger partial charge in [-0.3, -0.25) is 9.79 Å². The van der Waals surface area contributed by atoms with Gasteiger partial charge in [0.15, 0.2) is 5.96 Å². The molecule has 0 aliphatic rings. The van der Waals surface area contributed by atoms with Gasteiger partial charge in [-0.15, -0.1) is 0 Å². The van der Waals surface area contributed by atoms with E-state index >= 15 is 0 Å². The molecule has 0 saturated carbocycles. The maximum atomic E-state index is 13.2. The van der Waals surface area contributed by atoms with E-state index in [9.17, 15) is 9.18 Å². The molecule has 30 heavy (non-hydrogen) atoms. The van der Waals surface area contributed by atoms with E-state index in [1.165, 1.54) is 6.07 Å². The number of nitrogens with zero attached hydrogens (tertiary/aromatic N) is 2. The lowest BCUT2D eigenvalue weighted by Gasteiger charge is -2.13. The molecule has 0 saturated heterocycles. The normalized spacial score (nSPS) is 11.4. The van der Waals surface area contributed by atoms with Crippen molar-refractivity contribution in [2.75, 3.05) is 13.6 Å². The van der Waals surface area contributed by atoms with Gasteiger partial charge in [-0.05, 0) is 53.8 Å². The Labute approximate surface area is 176 Å². The standard InChI is InChI=1S/C24H27FN4O/c1-18-15-22(25)11-10-21(18)12-13-27-24(26-2)28-16-19-6-8-20(9-7-19)17-29-14-4-3-5-23(29)30/h3-11,14-15H,12-13,16-17H2,1-2H3,(H2,26,27,28). The lowest BCUT2D eigenvalue weighted by molar-refractivity contribution is 0.625. The van der Waals surface area contributed by atoms with E-state index in [1.54, 1.807) is 36.0 Å². The lowest BCUT2D eigenvalue weighted by atomic mass is 10.1. The zero-order chi connectivity index (χ0) is 21.3. The molecule has 0 aliphatic heterocycles. The highest BCUT2D eigenvalue weighted by Crippen LogP contribution is 2.10.